The van der Waals surface area contributed by atoms with Gasteiger partial charge in [-0.3, -0.25) is 0 Å². The van der Waals surface area contributed by atoms with Crippen molar-refractivity contribution in [3.63, 3.8) is 0 Å². The summed E-state index contributed by atoms with van der Waals surface area (Å²) >= 11 is 0. The molecule has 0 aliphatic carbocycles. The Labute approximate surface area is 112 Å². The van der Waals surface area contributed by atoms with E-state index in [-0.39, 0.29) is 6.10 Å². The van der Waals surface area contributed by atoms with Gasteiger partial charge in [-0.05, 0) is 45.3 Å². The lowest BCUT2D eigenvalue weighted by molar-refractivity contribution is 0.0986. The van der Waals surface area contributed by atoms with Gasteiger partial charge in [-0.15, -0.1) is 0 Å². The highest BCUT2D eigenvalue weighted by atomic mass is 16.3. The number of allylic oxidation sites excluding steroid dienone is 5. The summed E-state index contributed by atoms with van der Waals surface area (Å²) in [6, 6.07) is 0. The van der Waals surface area contributed by atoms with E-state index in [0.29, 0.717) is 0 Å². The van der Waals surface area contributed by atoms with Crippen LogP contribution in [0.1, 0.15) is 46.5 Å². The molecule has 18 heavy (non-hydrogen) atoms. The number of rotatable bonds is 5. The van der Waals surface area contributed by atoms with Gasteiger partial charge < -0.3 is 10.0 Å². The molecule has 0 amide bonds. The van der Waals surface area contributed by atoms with Crippen LogP contribution in [0.25, 0.3) is 0 Å². The molecule has 1 aliphatic heterocycles. The number of unbranched alkanes of at least 4 members (excludes halogenated alkanes) is 1. The first-order valence-corrected chi connectivity index (χ1v) is 7.08. The molecule has 102 valence electrons. The number of nitrogens with zero attached hydrogens (tertiary/aromatic N) is 1. The van der Waals surface area contributed by atoms with Gasteiger partial charge in [0.2, 0.25) is 0 Å². The number of hydrogen-bond acceptors (Lipinski definition) is 2. The average molecular weight is 249 g/mol. The van der Waals surface area contributed by atoms with Crippen LogP contribution in [0.2, 0.25) is 0 Å². The van der Waals surface area contributed by atoms with E-state index in [4.69, 9.17) is 0 Å². The second kappa shape index (κ2) is 8.15. The maximum absolute atomic E-state index is 9.56. The maximum Gasteiger partial charge on any atom is 0.0574 e. The second-order valence-electron chi connectivity index (χ2n) is 5.24. The van der Waals surface area contributed by atoms with E-state index in [0.717, 1.165) is 32.4 Å². The summed E-state index contributed by atoms with van der Waals surface area (Å²) < 4.78 is 0. The molecule has 0 bridgehead atoms. The highest BCUT2D eigenvalue weighted by molar-refractivity contribution is 5.24. The molecule has 1 saturated heterocycles. The van der Waals surface area contributed by atoms with Crippen molar-refractivity contribution in [1.82, 2.24) is 4.90 Å². The van der Waals surface area contributed by atoms with Crippen LogP contribution >= 0.6 is 0 Å². The van der Waals surface area contributed by atoms with Crippen LogP contribution in [0.4, 0.5) is 0 Å². The topological polar surface area (TPSA) is 23.5 Å². The van der Waals surface area contributed by atoms with Crippen molar-refractivity contribution < 1.29 is 5.11 Å². The first-order valence-electron chi connectivity index (χ1n) is 7.08. The number of likely N-dealkylation sites (tertiary alicyclic amines) is 1. The van der Waals surface area contributed by atoms with Crippen LogP contribution in [0.15, 0.2) is 35.6 Å². The Morgan fingerprint density at radius 1 is 1.22 bits per heavy atom. The molecule has 1 aliphatic rings. The van der Waals surface area contributed by atoms with Gasteiger partial charge in [0.1, 0.15) is 0 Å². The van der Waals surface area contributed by atoms with Crippen LogP contribution in [0.3, 0.4) is 0 Å². The largest absolute Gasteiger partial charge is 0.393 e. The van der Waals surface area contributed by atoms with E-state index in [1.54, 1.807) is 0 Å². The summed E-state index contributed by atoms with van der Waals surface area (Å²) in [6.45, 7) is 8.34. The molecule has 1 rings (SSSR count). The maximum atomic E-state index is 9.56. The molecule has 0 aromatic rings. The van der Waals surface area contributed by atoms with Gasteiger partial charge >= 0.3 is 0 Å². The van der Waals surface area contributed by atoms with Crippen LogP contribution in [-0.2, 0) is 0 Å². The Balaban J connectivity index is 2.70. The molecule has 0 saturated carbocycles. The molecule has 1 heterocycles. The molecule has 1 fully saturated rings. The van der Waals surface area contributed by atoms with Crippen molar-refractivity contribution in [2.75, 3.05) is 13.1 Å². The predicted octanol–water partition coefficient (Wildman–Crippen LogP) is 3.65. The van der Waals surface area contributed by atoms with E-state index in [1.165, 1.54) is 17.7 Å². The van der Waals surface area contributed by atoms with E-state index in [9.17, 15) is 5.11 Å². The first-order chi connectivity index (χ1) is 8.63. The van der Waals surface area contributed by atoms with Crippen LogP contribution in [0.5, 0.6) is 0 Å². The van der Waals surface area contributed by atoms with Crippen LogP contribution in [0, 0.1) is 0 Å². The number of aliphatic hydroxyl groups is 1. The summed E-state index contributed by atoms with van der Waals surface area (Å²) in [4.78, 5) is 2.37. The monoisotopic (exact) mass is 249 g/mol. The normalized spacial score (nSPS) is 18.4. The minimum atomic E-state index is -0.106. The van der Waals surface area contributed by atoms with Crippen molar-refractivity contribution in [2.45, 2.75) is 52.6 Å². The lowest BCUT2D eigenvalue weighted by Gasteiger charge is -2.32. The van der Waals surface area contributed by atoms with Gasteiger partial charge in [0, 0.05) is 18.8 Å². The molecule has 0 spiro atoms. The Kier molecular flexibility index (Phi) is 6.81. The summed E-state index contributed by atoms with van der Waals surface area (Å²) in [5.74, 6) is 0. The Morgan fingerprint density at radius 2 is 1.89 bits per heavy atom. The van der Waals surface area contributed by atoms with E-state index in [1.807, 2.05) is 0 Å². The molecule has 2 nitrogen and oxygen atoms in total. The molecule has 0 atom stereocenters. The number of piperidine rings is 1. The first kappa shape index (κ1) is 15.0. The standard InChI is InChI=1S/C16H27NO/c1-4-5-6-7-15(9-8-14(2)3)17-12-10-16(18)11-13-17/h6-9,16,18H,4-5,10-13H2,1-3H3/b7-6+,15-9+. The summed E-state index contributed by atoms with van der Waals surface area (Å²) in [6.07, 6.45) is 12.8. The highest BCUT2D eigenvalue weighted by Gasteiger charge is 2.17. The Hall–Kier alpha value is -1.02. The fraction of sp³-hybridized carbons (Fsp3) is 0.625. The molecule has 0 radical (unpaired) electrons. The molecular formula is C16H27NO. The van der Waals surface area contributed by atoms with Crippen molar-refractivity contribution in [3.8, 4) is 0 Å². The third kappa shape index (κ3) is 5.54. The zero-order chi connectivity index (χ0) is 13.4. The fourth-order valence-electron chi connectivity index (χ4n) is 2.01. The zero-order valence-corrected chi connectivity index (χ0v) is 12.0. The zero-order valence-electron chi connectivity index (χ0n) is 12.0. The van der Waals surface area contributed by atoms with Gasteiger partial charge in [0.25, 0.3) is 0 Å². The van der Waals surface area contributed by atoms with E-state index in [2.05, 4.69) is 50.0 Å². The SMILES string of the molecule is CCC/C=C/C(=C\C=C(C)C)N1CCC(O)CC1. The van der Waals surface area contributed by atoms with Crippen molar-refractivity contribution in [2.24, 2.45) is 0 Å². The van der Waals surface area contributed by atoms with E-state index >= 15 is 0 Å². The Morgan fingerprint density at radius 3 is 2.44 bits per heavy atom. The van der Waals surface area contributed by atoms with Gasteiger partial charge in [0.05, 0.1) is 6.10 Å². The highest BCUT2D eigenvalue weighted by Crippen LogP contribution is 2.17. The average Bonchev–Trinajstić information content (AvgIpc) is 2.34. The molecule has 0 aromatic heterocycles. The van der Waals surface area contributed by atoms with Crippen LogP contribution < -0.4 is 0 Å². The van der Waals surface area contributed by atoms with Gasteiger partial charge in [-0.2, -0.15) is 0 Å². The van der Waals surface area contributed by atoms with Crippen LogP contribution in [-0.4, -0.2) is 29.2 Å². The van der Waals surface area contributed by atoms with Crippen molar-refractivity contribution in [1.29, 1.82) is 0 Å². The summed E-state index contributed by atoms with van der Waals surface area (Å²) in [5, 5.41) is 9.56. The second-order valence-corrected chi connectivity index (χ2v) is 5.24. The molecule has 0 aromatic carbocycles. The molecule has 0 unspecified atom stereocenters. The predicted molar refractivity (Wildman–Crippen MR) is 78.4 cm³/mol. The summed E-state index contributed by atoms with van der Waals surface area (Å²) in [7, 11) is 0. The van der Waals surface area contributed by atoms with Crippen molar-refractivity contribution >= 4 is 0 Å². The molecule has 2 heteroatoms. The van der Waals surface area contributed by atoms with Crippen molar-refractivity contribution in [3.05, 3.63) is 35.6 Å². The van der Waals surface area contributed by atoms with Gasteiger partial charge in [0.15, 0.2) is 0 Å². The fourth-order valence-corrected chi connectivity index (χ4v) is 2.01. The minimum absolute atomic E-state index is 0.106. The third-order valence-electron chi connectivity index (χ3n) is 3.16. The molecule has 1 N–H and O–H groups in total. The summed E-state index contributed by atoms with van der Waals surface area (Å²) in [5.41, 5.74) is 2.59. The van der Waals surface area contributed by atoms with Gasteiger partial charge in [-0.1, -0.05) is 31.1 Å². The lowest BCUT2D eigenvalue weighted by atomic mass is 10.1. The molecular weight excluding hydrogens is 222 g/mol. The number of aliphatic hydroxyl groups excluding tert-OH is 1. The van der Waals surface area contributed by atoms with E-state index < -0.39 is 0 Å². The Bertz CT molecular complexity index is 316. The van der Waals surface area contributed by atoms with Gasteiger partial charge in [-0.25, -0.2) is 0 Å². The third-order valence-corrected chi connectivity index (χ3v) is 3.16. The smallest absolute Gasteiger partial charge is 0.0574 e. The minimum Gasteiger partial charge on any atom is -0.393 e. The lowest BCUT2D eigenvalue weighted by Crippen LogP contribution is -2.34. The number of hydrogen-bond donors (Lipinski definition) is 1. The quantitative estimate of drug-likeness (QED) is 0.752.